The summed E-state index contributed by atoms with van der Waals surface area (Å²) in [6, 6.07) is 24.4. The minimum atomic E-state index is -1.18. The normalized spacial score (nSPS) is 19.2. The van der Waals surface area contributed by atoms with Crippen LogP contribution in [0.3, 0.4) is 0 Å². The van der Waals surface area contributed by atoms with Crippen LogP contribution >= 0.6 is 0 Å². The van der Waals surface area contributed by atoms with Gasteiger partial charge in [-0.1, -0.05) is 78.9 Å². The van der Waals surface area contributed by atoms with Crippen LogP contribution in [-0.2, 0) is 25.7 Å². The first-order valence-electron chi connectivity index (χ1n) is 13.7. The number of ether oxygens (including phenoxy) is 2. The third kappa shape index (κ3) is 6.18. The van der Waals surface area contributed by atoms with Gasteiger partial charge in [-0.2, -0.15) is 0 Å². The van der Waals surface area contributed by atoms with Crippen molar-refractivity contribution in [2.45, 2.75) is 56.9 Å². The molecule has 0 radical (unpaired) electrons. The highest BCUT2D eigenvalue weighted by atomic mass is 16.5. The Morgan fingerprint density at radius 2 is 1.52 bits per heavy atom. The molecule has 4 atom stereocenters. The van der Waals surface area contributed by atoms with E-state index in [1.165, 1.54) is 0 Å². The summed E-state index contributed by atoms with van der Waals surface area (Å²) >= 11 is 0. The molecule has 8 heteroatoms. The molecule has 40 heavy (non-hydrogen) atoms. The van der Waals surface area contributed by atoms with Gasteiger partial charge in [0, 0.05) is 17.9 Å². The minimum absolute atomic E-state index is 0.0284. The Kier molecular flexibility index (Phi) is 8.45. The first-order chi connectivity index (χ1) is 19.4. The van der Waals surface area contributed by atoms with Crippen LogP contribution in [0.15, 0.2) is 78.9 Å². The largest absolute Gasteiger partial charge is 0.480 e. The van der Waals surface area contributed by atoms with Crippen molar-refractivity contribution < 1.29 is 29.0 Å². The molecule has 5 rings (SSSR count). The molecular formula is C32H34N2O6. The quantitative estimate of drug-likeness (QED) is 0.337. The Balaban J connectivity index is 1.10. The van der Waals surface area contributed by atoms with Gasteiger partial charge < -0.3 is 25.2 Å². The first kappa shape index (κ1) is 27.4. The van der Waals surface area contributed by atoms with Crippen LogP contribution < -0.4 is 10.6 Å². The van der Waals surface area contributed by atoms with Gasteiger partial charge in [0.15, 0.2) is 6.04 Å². The number of benzene rings is 3. The molecule has 0 unspecified atom stereocenters. The third-order valence-electron chi connectivity index (χ3n) is 7.86. The van der Waals surface area contributed by atoms with E-state index in [4.69, 9.17) is 9.47 Å². The Morgan fingerprint density at radius 1 is 0.900 bits per heavy atom. The highest BCUT2D eigenvalue weighted by Gasteiger charge is 2.35. The molecule has 0 bridgehead atoms. The van der Waals surface area contributed by atoms with Crippen molar-refractivity contribution in [3.8, 4) is 11.1 Å². The average molecular weight is 543 g/mol. The van der Waals surface area contributed by atoms with Gasteiger partial charge >= 0.3 is 12.1 Å². The number of nitrogens with one attached hydrogen (secondary N) is 2. The third-order valence-corrected chi connectivity index (χ3v) is 7.86. The maximum absolute atomic E-state index is 12.9. The molecule has 1 fully saturated rings. The van der Waals surface area contributed by atoms with E-state index in [0.29, 0.717) is 19.3 Å². The fourth-order valence-corrected chi connectivity index (χ4v) is 5.71. The molecule has 8 nitrogen and oxygen atoms in total. The second-order valence-electron chi connectivity index (χ2n) is 10.5. The van der Waals surface area contributed by atoms with Gasteiger partial charge in [0.2, 0.25) is 5.91 Å². The van der Waals surface area contributed by atoms with Crippen molar-refractivity contribution in [3.63, 3.8) is 0 Å². The standard InChI is InChI=1S/C32H34N2O6/c1-20(39-18-21-9-3-2-4-10-21)29(31(36)37)34-30(35)22-15-16-23(17-22)33-32(38)40-19-28-26-13-7-5-11-24(26)25-12-6-8-14-27(25)28/h2-14,20,22-23,28-29H,15-19H2,1H3,(H,33,38)(H,34,35)(H,36,37)/t20-,22+,23-,29+/m1/s1. The van der Waals surface area contributed by atoms with Crippen LogP contribution in [0, 0.1) is 5.92 Å². The number of carboxylic acid groups (broad SMARTS) is 1. The summed E-state index contributed by atoms with van der Waals surface area (Å²) in [5.74, 6) is -1.93. The highest BCUT2D eigenvalue weighted by Crippen LogP contribution is 2.44. The Bertz CT molecular complexity index is 1310. The smallest absolute Gasteiger partial charge is 0.407 e. The molecule has 0 saturated heterocycles. The van der Waals surface area contributed by atoms with Gasteiger partial charge in [-0.05, 0) is 54.0 Å². The maximum Gasteiger partial charge on any atom is 0.407 e. The van der Waals surface area contributed by atoms with Crippen LogP contribution in [0.25, 0.3) is 11.1 Å². The number of carbonyl (C=O) groups excluding carboxylic acids is 2. The fraction of sp³-hybridized carbons (Fsp3) is 0.344. The number of carboxylic acids is 1. The molecule has 1 saturated carbocycles. The zero-order valence-electron chi connectivity index (χ0n) is 22.4. The SMILES string of the molecule is C[C@@H](OCc1ccccc1)[C@H](NC(=O)[C@H]1CC[C@@H](NC(=O)OCC2c3ccccc3-c3ccccc32)C1)C(=O)O. The molecule has 0 aromatic heterocycles. The topological polar surface area (TPSA) is 114 Å². The molecular weight excluding hydrogens is 508 g/mol. The zero-order valence-corrected chi connectivity index (χ0v) is 22.4. The molecule has 0 heterocycles. The van der Waals surface area contributed by atoms with Crippen molar-refractivity contribution in [1.29, 1.82) is 0 Å². The van der Waals surface area contributed by atoms with E-state index in [9.17, 15) is 19.5 Å². The van der Waals surface area contributed by atoms with Crippen molar-refractivity contribution >= 4 is 18.0 Å². The summed E-state index contributed by atoms with van der Waals surface area (Å²) in [6.07, 6.45) is 0.338. The lowest BCUT2D eigenvalue weighted by Gasteiger charge is -2.23. The fourth-order valence-electron chi connectivity index (χ4n) is 5.71. The number of fused-ring (bicyclic) bond motifs is 3. The van der Waals surface area contributed by atoms with Gasteiger partial charge in [0.25, 0.3) is 0 Å². The molecule has 2 amide bonds. The molecule has 3 aromatic rings. The van der Waals surface area contributed by atoms with Crippen molar-refractivity contribution in [3.05, 3.63) is 95.6 Å². The van der Waals surface area contributed by atoms with Crippen molar-refractivity contribution in [1.82, 2.24) is 10.6 Å². The van der Waals surface area contributed by atoms with E-state index < -0.39 is 30.1 Å². The Morgan fingerprint density at radius 3 is 2.17 bits per heavy atom. The molecule has 3 aromatic carbocycles. The van der Waals surface area contributed by atoms with E-state index in [0.717, 1.165) is 27.8 Å². The van der Waals surface area contributed by atoms with E-state index in [1.807, 2.05) is 54.6 Å². The van der Waals surface area contributed by atoms with Gasteiger partial charge in [-0.15, -0.1) is 0 Å². The van der Waals surface area contributed by atoms with E-state index in [2.05, 4.69) is 34.9 Å². The minimum Gasteiger partial charge on any atom is -0.480 e. The van der Waals surface area contributed by atoms with Crippen molar-refractivity contribution in [2.75, 3.05) is 6.61 Å². The van der Waals surface area contributed by atoms with Crippen LogP contribution in [0.1, 0.15) is 48.8 Å². The summed E-state index contributed by atoms with van der Waals surface area (Å²) in [5.41, 5.74) is 5.53. The Labute approximate surface area is 233 Å². The number of alkyl carbamates (subject to hydrolysis) is 1. The van der Waals surface area contributed by atoms with Crippen LogP contribution in [0.5, 0.6) is 0 Å². The van der Waals surface area contributed by atoms with E-state index in [1.54, 1.807) is 6.92 Å². The predicted molar refractivity (Wildman–Crippen MR) is 150 cm³/mol. The lowest BCUT2D eigenvalue weighted by molar-refractivity contribution is -0.147. The number of aliphatic carboxylic acids is 1. The van der Waals surface area contributed by atoms with Crippen LogP contribution in [0.2, 0.25) is 0 Å². The molecule has 0 aliphatic heterocycles. The number of amides is 2. The zero-order chi connectivity index (χ0) is 28.1. The number of carbonyl (C=O) groups is 3. The molecule has 3 N–H and O–H groups in total. The first-order valence-corrected chi connectivity index (χ1v) is 13.7. The van der Waals surface area contributed by atoms with Crippen LogP contribution in [-0.4, -0.2) is 47.9 Å². The second kappa shape index (κ2) is 12.3. The van der Waals surface area contributed by atoms with Gasteiger partial charge in [0.05, 0.1) is 12.7 Å². The molecule has 0 spiro atoms. The van der Waals surface area contributed by atoms with Gasteiger partial charge in [0.1, 0.15) is 6.61 Å². The highest BCUT2D eigenvalue weighted by molar-refractivity contribution is 5.85. The number of rotatable bonds is 10. The van der Waals surface area contributed by atoms with Crippen LogP contribution in [0.4, 0.5) is 4.79 Å². The molecule has 2 aliphatic rings. The van der Waals surface area contributed by atoms with Crippen molar-refractivity contribution in [2.24, 2.45) is 5.92 Å². The summed E-state index contributed by atoms with van der Waals surface area (Å²) in [5, 5.41) is 15.2. The molecule has 208 valence electrons. The van der Waals surface area contributed by atoms with E-state index >= 15 is 0 Å². The lowest BCUT2D eigenvalue weighted by Crippen LogP contribution is -2.50. The maximum atomic E-state index is 12.9. The summed E-state index contributed by atoms with van der Waals surface area (Å²) in [4.78, 5) is 37.5. The van der Waals surface area contributed by atoms with Gasteiger partial charge in [-0.25, -0.2) is 9.59 Å². The number of hydrogen-bond acceptors (Lipinski definition) is 5. The van der Waals surface area contributed by atoms with Gasteiger partial charge in [-0.3, -0.25) is 4.79 Å². The molecule has 2 aliphatic carbocycles. The lowest BCUT2D eigenvalue weighted by atomic mass is 9.98. The average Bonchev–Trinajstić information content (AvgIpc) is 3.56. The number of hydrogen-bond donors (Lipinski definition) is 3. The second-order valence-corrected chi connectivity index (χ2v) is 10.5. The monoisotopic (exact) mass is 542 g/mol. The summed E-state index contributed by atoms with van der Waals surface area (Å²) < 4.78 is 11.4. The summed E-state index contributed by atoms with van der Waals surface area (Å²) in [6.45, 7) is 2.10. The predicted octanol–water partition coefficient (Wildman–Crippen LogP) is 4.87. The Hall–Kier alpha value is -4.17. The van der Waals surface area contributed by atoms with E-state index in [-0.39, 0.29) is 31.1 Å². The summed E-state index contributed by atoms with van der Waals surface area (Å²) in [7, 11) is 0.